The minimum absolute atomic E-state index is 0. The van der Waals surface area contributed by atoms with Gasteiger partial charge in [-0.05, 0) is 42.7 Å². The summed E-state index contributed by atoms with van der Waals surface area (Å²) in [5.74, 6) is 9.77. The maximum atomic E-state index is 7.14. The number of hydrogen-bond acceptors (Lipinski definition) is 2. The topological polar surface area (TPSA) is 82.8 Å². The molecule has 137 valence electrons. The quantitative estimate of drug-likeness (QED) is 0.336. The first kappa shape index (κ1) is 25.0. The molecule has 26 heavy (non-hydrogen) atoms. The molecule has 0 spiro atoms. The van der Waals surface area contributed by atoms with Gasteiger partial charge in [-0.2, -0.15) is 0 Å². The van der Waals surface area contributed by atoms with E-state index in [1.54, 1.807) is 0 Å². The average molecular weight is 447 g/mol. The number of nitrogens with two attached hydrogens (primary N) is 1. The zero-order chi connectivity index (χ0) is 18.7. The summed E-state index contributed by atoms with van der Waals surface area (Å²) in [6, 6.07) is 18.0. The van der Waals surface area contributed by atoms with Gasteiger partial charge < -0.3 is 22.2 Å². The number of rotatable bonds is 6. The Balaban J connectivity index is 0.00000201. The Morgan fingerprint density at radius 2 is 1.58 bits per heavy atom. The predicted molar refractivity (Wildman–Crippen MR) is 107 cm³/mol. The van der Waals surface area contributed by atoms with Crippen molar-refractivity contribution in [1.82, 2.24) is 0 Å². The molecule has 0 amide bonds. The van der Waals surface area contributed by atoms with E-state index >= 15 is 0 Å². The van der Waals surface area contributed by atoms with Gasteiger partial charge in [0.25, 0.3) is 0 Å². The van der Waals surface area contributed by atoms with Crippen molar-refractivity contribution in [3.05, 3.63) is 94.0 Å². The second kappa shape index (κ2) is 14.1. The molecule has 6 heteroatoms. The van der Waals surface area contributed by atoms with E-state index in [1.165, 1.54) is 0 Å². The van der Waals surface area contributed by atoms with Gasteiger partial charge in [-0.15, -0.1) is 6.54 Å². The van der Waals surface area contributed by atoms with Crippen molar-refractivity contribution in [1.29, 1.82) is 0 Å². The van der Waals surface area contributed by atoms with Crippen molar-refractivity contribution >= 4 is 17.2 Å². The van der Waals surface area contributed by atoms with Crippen LogP contribution in [0.2, 0.25) is 0 Å². The normalized spacial score (nSPS) is 11.5. The van der Waals surface area contributed by atoms with Crippen LogP contribution in [0.3, 0.4) is 0 Å². The molecule has 0 saturated heterocycles. The van der Waals surface area contributed by atoms with Gasteiger partial charge in [0.15, 0.2) is 0 Å². The van der Waals surface area contributed by atoms with Crippen molar-refractivity contribution in [3.63, 3.8) is 0 Å². The van der Waals surface area contributed by atoms with Crippen LogP contribution in [0.5, 0.6) is 5.75 Å². The maximum absolute atomic E-state index is 7.14. The van der Waals surface area contributed by atoms with E-state index in [2.05, 4.69) is 18.0 Å². The van der Waals surface area contributed by atoms with Gasteiger partial charge in [0.05, 0.1) is 11.6 Å². The molecule has 2 aromatic rings. The zero-order valence-electron chi connectivity index (χ0n) is 15.1. The van der Waals surface area contributed by atoms with E-state index < -0.39 is 0 Å². The van der Waals surface area contributed by atoms with E-state index in [0.717, 1.165) is 33.1 Å². The molecule has 4 N–H and O–H groups in total. The van der Waals surface area contributed by atoms with E-state index in [1.807, 2.05) is 62.4 Å². The largest absolute Gasteiger partial charge is 0.675 e. The predicted octanol–water partition coefficient (Wildman–Crippen LogP) is 5.99. The summed E-state index contributed by atoms with van der Waals surface area (Å²) in [4.78, 5) is 0. The Morgan fingerprint density at radius 1 is 1.04 bits per heavy atom. The summed E-state index contributed by atoms with van der Waals surface area (Å²) in [5, 5.41) is 0.749. The Kier molecular flexibility index (Phi) is 13.6. The average Bonchev–Trinajstić information content (AvgIpc) is 2.69. The molecule has 1 radical (unpaired) electrons. The molecule has 0 heterocycles. The van der Waals surface area contributed by atoms with Crippen molar-refractivity contribution < 1.29 is 37.4 Å². The van der Waals surface area contributed by atoms with Crippen LogP contribution in [0.25, 0.3) is 17.1 Å². The summed E-state index contributed by atoms with van der Waals surface area (Å²) in [6.07, 6.45) is 2.01. The molecule has 0 saturated carbocycles. The molecular weight excluding hydrogens is 423 g/mol. The minimum Gasteiger partial charge on any atom is -0.675 e. The van der Waals surface area contributed by atoms with Crippen LogP contribution < -0.4 is 10.6 Å². The van der Waals surface area contributed by atoms with E-state index in [4.69, 9.17) is 27.9 Å². The summed E-state index contributed by atoms with van der Waals surface area (Å²) < 4.78 is 5.48. The number of halogens is 1. The van der Waals surface area contributed by atoms with Crippen molar-refractivity contribution in [2.45, 2.75) is 13.8 Å². The smallest absolute Gasteiger partial charge is 0.119 e. The molecule has 0 aliphatic heterocycles. The third kappa shape index (κ3) is 7.32. The van der Waals surface area contributed by atoms with Crippen LogP contribution in [-0.2, 0) is 32.7 Å². The Hall–Kier alpha value is -1.01. The molecule has 0 unspecified atom stereocenters. The van der Waals surface area contributed by atoms with E-state index in [9.17, 15) is 0 Å². The molecule has 2 rings (SSSR count). The van der Waals surface area contributed by atoms with Gasteiger partial charge in [-0.25, -0.2) is 0 Å². The first-order valence-electron chi connectivity index (χ1n) is 7.92. The number of allylic oxidation sites excluding steroid dienone is 3. The summed E-state index contributed by atoms with van der Waals surface area (Å²) in [5.41, 5.74) is 11.3. The maximum Gasteiger partial charge on any atom is 0.119 e. The summed E-state index contributed by atoms with van der Waals surface area (Å²) in [7, 11) is 0. The van der Waals surface area contributed by atoms with Crippen LogP contribution in [0, 0.1) is 0 Å². The zero-order valence-corrected chi connectivity index (χ0v) is 18.7. The van der Waals surface area contributed by atoms with Gasteiger partial charge >= 0.3 is 0 Å². The molecule has 0 atom stereocenters. The molecule has 2 aromatic carbocycles. The number of ether oxygens (including phenoxy) is 1. The SMILES string of the molecule is C/C=C(C)/C(Cl)=C(/c1ccccc1)c1ccc(OCC[NH-])cc1.[NH-]N.[Y]. The Labute approximate surface area is 186 Å². The van der Waals surface area contributed by atoms with Crippen molar-refractivity contribution in [2.24, 2.45) is 5.84 Å². The van der Waals surface area contributed by atoms with Gasteiger partial charge in [-0.3, -0.25) is 0 Å². The monoisotopic (exact) mass is 446 g/mol. The van der Waals surface area contributed by atoms with Crippen LogP contribution in [0.15, 0.2) is 71.3 Å². The number of benzene rings is 2. The van der Waals surface area contributed by atoms with Crippen LogP contribution in [-0.4, -0.2) is 13.2 Å². The van der Waals surface area contributed by atoms with E-state index in [0.29, 0.717) is 6.61 Å². The second-order valence-electron chi connectivity index (χ2n) is 5.15. The fraction of sp³-hybridized carbons (Fsp3) is 0.200. The third-order valence-electron chi connectivity index (χ3n) is 3.57. The van der Waals surface area contributed by atoms with Crippen molar-refractivity contribution in [2.75, 3.05) is 13.2 Å². The Morgan fingerprint density at radius 3 is 2.08 bits per heavy atom. The molecular formula is C20H24ClN3OY-2. The molecule has 0 aliphatic rings. The molecule has 4 nitrogen and oxygen atoms in total. The fourth-order valence-electron chi connectivity index (χ4n) is 2.24. The first-order chi connectivity index (χ1) is 12.2. The van der Waals surface area contributed by atoms with Crippen LogP contribution in [0.4, 0.5) is 0 Å². The van der Waals surface area contributed by atoms with E-state index in [-0.39, 0.29) is 39.3 Å². The molecule has 0 aromatic heterocycles. The fourth-order valence-corrected chi connectivity index (χ4v) is 2.56. The van der Waals surface area contributed by atoms with Gasteiger partial charge in [-0.1, -0.05) is 60.1 Å². The van der Waals surface area contributed by atoms with Crippen LogP contribution >= 0.6 is 11.6 Å². The van der Waals surface area contributed by atoms with Gasteiger partial charge in [0, 0.05) is 38.3 Å². The molecule has 0 fully saturated rings. The van der Waals surface area contributed by atoms with Gasteiger partial charge in [0.2, 0.25) is 0 Å². The second-order valence-corrected chi connectivity index (χ2v) is 5.53. The first-order valence-corrected chi connectivity index (χ1v) is 8.30. The third-order valence-corrected chi connectivity index (χ3v) is 4.06. The molecule has 0 aliphatic carbocycles. The van der Waals surface area contributed by atoms with Gasteiger partial charge in [0.1, 0.15) is 5.75 Å². The Bertz CT molecular complexity index is 701. The van der Waals surface area contributed by atoms with Crippen LogP contribution in [0.1, 0.15) is 25.0 Å². The minimum atomic E-state index is 0. The number of hydrogen-bond donors (Lipinski definition) is 1. The summed E-state index contributed by atoms with van der Waals surface area (Å²) in [6.45, 7) is 4.65. The van der Waals surface area contributed by atoms with Crippen molar-refractivity contribution in [3.8, 4) is 5.75 Å². The molecule has 0 bridgehead atoms. The summed E-state index contributed by atoms with van der Waals surface area (Å²) >= 11 is 6.65. The standard InChI is InChI=1S/C20H21ClNO.H3N2.Y/c1-3-15(2)20(21)19(16-7-5-4-6-8-16)17-9-11-18(12-10-17)23-14-13-22;1-2;/h3-12,22H,13-14H2,1-2H3;1H,2H2;/q2*-1;/b15-3+,20-19+;;. The number of nitrogens with one attached hydrogen (secondary N) is 2.